The summed E-state index contributed by atoms with van der Waals surface area (Å²) in [5.41, 5.74) is 1.20. The maximum absolute atomic E-state index is 5.44. The highest BCUT2D eigenvalue weighted by atomic mass is 79.9. The van der Waals surface area contributed by atoms with Gasteiger partial charge >= 0.3 is 0 Å². The van der Waals surface area contributed by atoms with Gasteiger partial charge < -0.3 is 14.8 Å². The predicted molar refractivity (Wildman–Crippen MR) is 81.1 cm³/mol. The fraction of sp³-hybridized carbons (Fsp3) is 0.786. The van der Waals surface area contributed by atoms with Gasteiger partial charge in [0.05, 0.1) is 10.2 Å². The second-order valence-corrected chi connectivity index (χ2v) is 6.39. The molecule has 0 aromatic carbocycles. The van der Waals surface area contributed by atoms with E-state index in [1.165, 1.54) is 31.4 Å². The lowest BCUT2D eigenvalue weighted by Gasteiger charge is -2.30. The van der Waals surface area contributed by atoms with Crippen LogP contribution < -0.4 is 5.32 Å². The van der Waals surface area contributed by atoms with Crippen LogP contribution in [0.3, 0.4) is 0 Å². The number of ether oxygens (including phenoxy) is 2. The summed E-state index contributed by atoms with van der Waals surface area (Å²) in [5.74, 6) is 1.66. The van der Waals surface area contributed by atoms with Gasteiger partial charge in [0.15, 0.2) is 6.29 Å². The summed E-state index contributed by atoms with van der Waals surface area (Å²) in [6, 6.07) is 0.132. The monoisotopic (exact) mass is 343 g/mol. The van der Waals surface area contributed by atoms with E-state index in [9.17, 15) is 0 Å². The number of rotatable bonds is 4. The van der Waals surface area contributed by atoms with Crippen molar-refractivity contribution in [2.75, 3.05) is 26.1 Å². The molecule has 1 aliphatic carbocycles. The minimum absolute atomic E-state index is 0.132. The number of anilines is 1. The number of nitrogens with zero attached hydrogens (tertiary/aromatic N) is 2. The summed E-state index contributed by atoms with van der Waals surface area (Å²) in [5, 5.41) is 8.33. The molecule has 1 fully saturated rings. The molecule has 5 nitrogen and oxygen atoms in total. The van der Waals surface area contributed by atoms with Crippen molar-refractivity contribution < 1.29 is 9.47 Å². The third-order valence-corrected chi connectivity index (χ3v) is 5.23. The van der Waals surface area contributed by atoms with Crippen LogP contribution in [0.25, 0.3) is 0 Å². The van der Waals surface area contributed by atoms with E-state index in [0.717, 1.165) is 23.3 Å². The smallest absolute Gasteiger partial charge is 0.179 e. The van der Waals surface area contributed by atoms with Gasteiger partial charge in [-0.05, 0) is 35.2 Å². The summed E-state index contributed by atoms with van der Waals surface area (Å²) >= 11 is 3.74. The van der Waals surface area contributed by atoms with Crippen LogP contribution in [0.15, 0.2) is 4.47 Å². The molecule has 1 aromatic rings. The fourth-order valence-electron chi connectivity index (χ4n) is 3.41. The van der Waals surface area contributed by atoms with E-state index in [0.29, 0.717) is 5.92 Å². The van der Waals surface area contributed by atoms with Crippen LogP contribution in [0, 0.1) is 0 Å². The molecular formula is C14H22BrN3O2. The first-order chi connectivity index (χ1) is 9.76. The molecule has 0 radical (unpaired) electrons. The molecule has 20 heavy (non-hydrogen) atoms. The van der Waals surface area contributed by atoms with Gasteiger partial charge in [-0.2, -0.15) is 5.10 Å². The molecule has 0 saturated heterocycles. The van der Waals surface area contributed by atoms with Crippen LogP contribution in [0.1, 0.15) is 49.8 Å². The third kappa shape index (κ3) is 2.38. The zero-order valence-corrected chi connectivity index (χ0v) is 13.6. The number of nitrogens with one attached hydrogen (secondary N) is 1. The molecule has 2 aliphatic rings. The molecule has 1 atom stereocenters. The molecule has 1 unspecified atom stereocenters. The Balaban J connectivity index is 1.95. The summed E-state index contributed by atoms with van der Waals surface area (Å²) < 4.78 is 14.1. The average Bonchev–Trinajstić information content (AvgIpc) is 3.09. The quantitative estimate of drug-likeness (QED) is 0.852. The summed E-state index contributed by atoms with van der Waals surface area (Å²) in [6.07, 6.45) is 5.83. The fourth-order valence-corrected chi connectivity index (χ4v) is 4.14. The molecule has 0 bridgehead atoms. The lowest BCUT2D eigenvalue weighted by molar-refractivity contribution is -0.135. The number of hydrogen-bond donors (Lipinski definition) is 1. The highest BCUT2D eigenvalue weighted by Crippen LogP contribution is 2.42. The average molecular weight is 344 g/mol. The van der Waals surface area contributed by atoms with Gasteiger partial charge in [0.25, 0.3) is 0 Å². The number of fused-ring (bicyclic) bond motifs is 1. The second-order valence-electron chi connectivity index (χ2n) is 5.60. The van der Waals surface area contributed by atoms with Crippen molar-refractivity contribution in [1.29, 1.82) is 0 Å². The Morgan fingerprint density at radius 2 is 1.95 bits per heavy atom. The Bertz CT molecular complexity index is 467. The van der Waals surface area contributed by atoms with E-state index in [2.05, 4.69) is 25.9 Å². The van der Waals surface area contributed by atoms with Gasteiger partial charge in [0.2, 0.25) is 0 Å². The molecule has 0 amide bonds. The van der Waals surface area contributed by atoms with Gasteiger partial charge in [0, 0.05) is 26.7 Å². The molecule has 1 N–H and O–H groups in total. The van der Waals surface area contributed by atoms with E-state index in [1.807, 2.05) is 0 Å². The summed E-state index contributed by atoms with van der Waals surface area (Å²) in [7, 11) is 3.37. The zero-order chi connectivity index (χ0) is 14.1. The van der Waals surface area contributed by atoms with Crippen molar-refractivity contribution in [3.8, 4) is 0 Å². The molecule has 3 rings (SSSR count). The summed E-state index contributed by atoms with van der Waals surface area (Å²) in [4.78, 5) is 0. The molecular weight excluding hydrogens is 322 g/mol. The zero-order valence-electron chi connectivity index (χ0n) is 12.1. The van der Waals surface area contributed by atoms with Crippen molar-refractivity contribution >= 4 is 21.7 Å². The van der Waals surface area contributed by atoms with Gasteiger partial charge in [-0.25, -0.2) is 4.68 Å². The van der Waals surface area contributed by atoms with Crippen LogP contribution in [0.5, 0.6) is 0 Å². The molecule has 0 spiro atoms. The minimum Gasteiger partial charge on any atom is -0.369 e. The first-order valence-electron chi connectivity index (χ1n) is 7.33. The van der Waals surface area contributed by atoms with Gasteiger partial charge in [-0.3, -0.25) is 0 Å². The second kappa shape index (κ2) is 6.03. The van der Waals surface area contributed by atoms with Crippen molar-refractivity contribution in [3.63, 3.8) is 0 Å². The topological polar surface area (TPSA) is 48.3 Å². The molecule has 112 valence electrons. The minimum atomic E-state index is -0.251. The lowest BCUT2D eigenvalue weighted by atomic mass is 10.0. The van der Waals surface area contributed by atoms with Crippen LogP contribution in [0.4, 0.5) is 5.82 Å². The maximum Gasteiger partial charge on any atom is 0.179 e. The first kappa shape index (κ1) is 14.4. The molecule has 1 saturated carbocycles. The Hall–Kier alpha value is -0.590. The Kier molecular flexibility index (Phi) is 4.33. The van der Waals surface area contributed by atoms with E-state index < -0.39 is 0 Å². The van der Waals surface area contributed by atoms with Gasteiger partial charge in [0.1, 0.15) is 11.9 Å². The molecule has 1 aliphatic heterocycles. The first-order valence-corrected chi connectivity index (χ1v) is 8.13. The van der Waals surface area contributed by atoms with Gasteiger partial charge in [-0.1, -0.05) is 12.8 Å². The van der Waals surface area contributed by atoms with E-state index in [1.54, 1.807) is 14.2 Å². The Labute approximate surface area is 128 Å². The normalized spacial score (nSPS) is 23.1. The van der Waals surface area contributed by atoms with Crippen molar-refractivity contribution in [2.24, 2.45) is 0 Å². The highest BCUT2D eigenvalue weighted by molar-refractivity contribution is 9.10. The number of halogens is 1. The number of methoxy groups -OCH3 is 2. The summed E-state index contributed by atoms with van der Waals surface area (Å²) in [6.45, 7) is 0.919. The SMILES string of the molecule is COC(OC)C1CCNc2c(Br)c(C3CCCC3)nn21. The Morgan fingerprint density at radius 1 is 1.25 bits per heavy atom. The molecule has 6 heteroatoms. The maximum atomic E-state index is 5.44. The van der Waals surface area contributed by atoms with Crippen LogP contribution in [0.2, 0.25) is 0 Å². The van der Waals surface area contributed by atoms with E-state index >= 15 is 0 Å². The Morgan fingerprint density at radius 3 is 2.60 bits per heavy atom. The van der Waals surface area contributed by atoms with Crippen molar-refractivity contribution in [1.82, 2.24) is 9.78 Å². The lowest BCUT2D eigenvalue weighted by Crippen LogP contribution is -2.34. The molecule has 1 aromatic heterocycles. The predicted octanol–water partition coefficient (Wildman–Crippen LogP) is 3.28. The largest absolute Gasteiger partial charge is 0.369 e. The van der Waals surface area contributed by atoms with E-state index in [4.69, 9.17) is 14.6 Å². The van der Waals surface area contributed by atoms with Gasteiger partial charge in [-0.15, -0.1) is 0 Å². The highest BCUT2D eigenvalue weighted by Gasteiger charge is 2.33. The van der Waals surface area contributed by atoms with Crippen LogP contribution >= 0.6 is 15.9 Å². The standard InChI is InChI=1S/C14H22BrN3O2/c1-19-14(20-2)10-7-8-16-13-11(15)12(17-18(10)13)9-5-3-4-6-9/h9-10,14,16H,3-8H2,1-2H3. The number of aromatic nitrogens is 2. The van der Waals surface area contributed by atoms with Crippen LogP contribution in [-0.4, -0.2) is 36.8 Å². The molecule has 2 heterocycles. The van der Waals surface area contributed by atoms with Crippen molar-refractivity contribution in [3.05, 3.63) is 10.2 Å². The third-order valence-electron chi connectivity index (χ3n) is 4.44. The van der Waals surface area contributed by atoms with Crippen LogP contribution in [-0.2, 0) is 9.47 Å². The number of hydrogen-bond acceptors (Lipinski definition) is 4. The van der Waals surface area contributed by atoms with E-state index in [-0.39, 0.29) is 12.3 Å². The van der Waals surface area contributed by atoms with Crippen molar-refractivity contribution in [2.45, 2.75) is 50.4 Å².